The average Bonchev–Trinajstić information content (AvgIpc) is 2.70. The number of piperazine rings is 1. The van der Waals surface area contributed by atoms with Crippen LogP contribution in [0.2, 0.25) is 0 Å². The smallest absolute Gasteiger partial charge is 0.409 e. The molecule has 0 unspecified atom stereocenters. The fourth-order valence-corrected chi connectivity index (χ4v) is 3.61. The number of carbonyl (C=O) groups is 2. The molecule has 0 spiro atoms. The second-order valence-electron chi connectivity index (χ2n) is 7.10. The van der Waals surface area contributed by atoms with Crippen molar-refractivity contribution in [3.63, 3.8) is 0 Å². The van der Waals surface area contributed by atoms with E-state index in [1.54, 1.807) is 11.8 Å². The number of benzene rings is 1. The van der Waals surface area contributed by atoms with Crippen molar-refractivity contribution in [3.05, 3.63) is 24.3 Å². The SMILES string of the molecule is CCOC(=O)N1CCN(CC(=O)Nc2ccc(N3CCCCC3)cc2)CC1. The van der Waals surface area contributed by atoms with E-state index in [1.807, 2.05) is 12.1 Å². The van der Waals surface area contributed by atoms with Crippen LogP contribution < -0.4 is 10.2 Å². The zero-order valence-electron chi connectivity index (χ0n) is 16.2. The Bertz CT molecular complexity index is 621. The molecule has 0 saturated carbocycles. The molecule has 0 atom stereocenters. The van der Waals surface area contributed by atoms with Crippen molar-refractivity contribution < 1.29 is 14.3 Å². The van der Waals surface area contributed by atoms with Crippen molar-refractivity contribution in [2.75, 3.05) is 62.6 Å². The van der Waals surface area contributed by atoms with E-state index in [0.29, 0.717) is 39.3 Å². The molecular formula is C20H30N4O3. The number of nitrogens with one attached hydrogen (secondary N) is 1. The maximum absolute atomic E-state index is 12.3. The fourth-order valence-electron chi connectivity index (χ4n) is 3.61. The molecule has 0 bridgehead atoms. The predicted octanol–water partition coefficient (Wildman–Crippen LogP) is 2.39. The molecule has 2 aliphatic heterocycles. The number of ether oxygens (including phenoxy) is 1. The largest absolute Gasteiger partial charge is 0.450 e. The van der Waals surface area contributed by atoms with Gasteiger partial charge in [-0.15, -0.1) is 0 Å². The number of amides is 2. The third-order valence-electron chi connectivity index (χ3n) is 5.14. The Morgan fingerprint density at radius 1 is 0.963 bits per heavy atom. The van der Waals surface area contributed by atoms with Gasteiger partial charge in [0.2, 0.25) is 5.91 Å². The molecule has 2 fully saturated rings. The first-order chi connectivity index (χ1) is 13.2. The molecule has 0 aromatic heterocycles. The van der Waals surface area contributed by atoms with Crippen LogP contribution in [-0.4, -0.2) is 74.2 Å². The maximum Gasteiger partial charge on any atom is 0.409 e. The van der Waals surface area contributed by atoms with Gasteiger partial charge in [-0.1, -0.05) is 0 Å². The van der Waals surface area contributed by atoms with Gasteiger partial charge in [-0.05, 0) is 50.5 Å². The quantitative estimate of drug-likeness (QED) is 0.857. The van der Waals surface area contributed by atoms with Crippen LogP contribution in [0, 0.1) is 0 Å². The minimum atomic E-state index is -0.268. The van der Waals surface area contributed by atoms with Crippen molar-refractivity contribution in [2.24, 2.45) is 0 Å². The fraction of sp³-hybridized carbons (Fsp3) is 0.600. The lowest BCUT2D eigenvalue weighted by Gasteiger charge is -2.33. The standard InChI is InChI=1S/C20H30N4O3/c1-2-27-20(26)24-14-12-22(13-15-24)16-19(25)21-17-6-8-18(9-7-17)23-10-4-3-5-11-23/h6-9H,2-5,10-16H2,1H3,(H,21,25). The highest BCUT2D eigenvalue weighted by molar-refractivity contribution is 5.92. The Morgan fingerprint density at radius 3 is 2.26 bits per heavy atom. The van der Waals surface area contributed by atoms with Crippen LogP contribution in [0.5, 0.6) is 0 Å². The molecule has 0 radical (unpaired) electrons. The van der Waals surface area contributed by atoms with Crippen molar-refractivity contribution in [2.45, 2.75) is 26.2 Å². The lowest BCUT2D eigenvalue weighted by atomic mass is 10.1. The van der Waals surface area contributed by atoms with Gasteiger partial charge in [0.15, 0.2) is 0 Å². The monoisotopic (exact) mass is 374 g/mol. The van der Waals surface area contributed by atoms with E-state index >= 15 is 0 Å². The second kappa shape index (κ2) is 9.60. The zero-order valence-corrected chi connectivity index (χ0v) is 16.2. The molecule has 1 N–H and O–H groups in total. The second-order valence-corrected chi connectivity index (χ2v) is 7.10. The summed E-state index contributed by atoms with van der Waals surface area (Å²) in [5.41, 5.74) is 2.05. The summed E-state index contributed by atoms with van der Waals surface area (Å²) in [4.78, 5) is 30.2. The minimum Gasteiger partial charge on any atom is -0.450 e. The van der Waals surface area contributed by atoms with Gasteiger partial charge in [-0.2, -0.15) is 0 Å². The molecule has 0 aliphatic carbocycles. The average molecular weight is 374 g/mol. The van der Waals surface area contributed by atoms with Crippen LogP contribution >= 0.6 is 0 Å². The van der Waals surface area contributed by atoms with E-state index in [2.05, 4.69) is 27.2 Å². The molecule has 2 saturated heterocycles. The van der Waals surface area contributed by atoms with Crippen LogP contribution in [0.15, 0.2) is 24.3 Å². The third kappa shape index (κ3) is 5.60. The Morgan fingerprint density at radius 2 is 1.63 bits per heavy atom. The Kier molecular flexibility index (Phi) is 6.92. The Balaban J connectivity index is 1.42. The third-order valence-corrected chi connectivity index (χ3v) is 5.14. The van der Waals surface area contributed by atoms with E-state index in [1.165, 1.54) is 24.9 Å². The van der Waals surface area contributed by atoms with Crippen molar-refractivity contribution in [3.8, 4) is 0 Å². The first-order valence-electron chi connectivity index (χ1n) is 9.94. The highest BCUT2D eigenvalue weighted by Crippen LogP contribution is 2.21. The molecule has 3 rings (SSSR count). The van der Waals surface area contributed by atoms with Crippen LogP contribution in [-0.2, 0) is 9.53 Å². The summed E-state index contributed by atoms with van der Waals surface area (Å²) >= 11 is 0. The topological polar surface area (TPSA) is 65.1 Å². The number of anilines is 2. The molecule has 1 aromatic rings. The summed E-state index contributed by atoms with van der Waals surface area (Å²) in [5.74, 6) is -0.0229. The molecule has 1 aromatic carbocycles. The van der Waals surface area contributed by atoms with Crippen LogP contribution in [0.4, 0.5) is 16.2 Å². The molecule has 2 heterocycles. The van der Waals surface area contributed by atoms with E-state index in [-0.39, 0.29) is 12.0 Å². The number of piperidine rings is 1. The lowest BCUT2D eigenvalue weighted by molar-refractivity contribution is -0.117. The number of carbonyl (C=O) groups excluding carboxylic acids is 2. The Hall–Kier alpha value is -2.28. The molecule has 27 heavy (non-hydrogen) atoms. The van der Waals surface area contributed by atoms with Crippen molar-refractivity contribution in [1.82, 2.24) is 9.80 Å². The van der Waals surface area contributed by atoms with Gasteiger partial charge in [0.05, 0.1) is 13.2 Å². The van der Waals surface area contributed by atoms with E-state index in [4.69, 9.17) is 4.74 Å². The predicted molar refractivity (Wildman–Crippen MR) is 106 cm³/mol. The number of hydrogen-bond donors (Lipinski definition) is 1. The summed E-state index contributed by atoms with van der Waals surface area (Å²) < 4.78 is 5.02. The van der Waals surface area contributed by atoms with Gasteiger partial charge < -0.3 is 19.9 Å². The highest BCUT2D eigenvalue weighted by Gasteiger charge is 2.23. The lowest BCUT2D eigenvalue weighted by Crippen LogP contribution is -2.50. The molecule has 2 amide bonds. The van der Waals surface area contributed by atoms with Gasteiger partial charge in [-0.25, -0.2) is 4.79 Å². The first kappa shape index (κ1) is 19.5. The van der Waals surface area contributed by atoms with E-state index in [9.17, 15) is 9.59 Å². The molecule has 148 valence electrons. The number of rotatable bonds is 5. The molecule has 7 heteroatoms. The Labute approximate surface area is 161 Å². The molecule has 7 nitrogen and oxygen atoms in total. The number of nitrogens with zero attached hydrogens (tertiary/aromatic N) is 3. The highest BCUT2D eigenvalue weighted by atomic mass is 16.6. The summed E-state index contributed by atoms with van der Waals surface area (Å²) in [7, 11) is 0. The summed E-state index contributed by atoms with van der Waals surface area (Å²) in [6.07, 6.45) is 3.55. The summed E-state index contributed by atoms with van der Waals surface area (Å²) in [6.45, 7) is 7.31. The molecular weight excluding hydrogens is 344 g/mol. The number of hydrogen-bond acceptors (Lipinski definition) is 5. The maximum atomic E-state index is 12.3. The van der Waals surface area contributed by atoms with Crippen LogP contribution in [0.1, 0.15) is 26.2 Å². The van der Waals surface area contributed by atoms with Gasteiger partial charge >= 0.3 is 6.09 Å². The van der Waals surface area contributed by atoms with Gasteiger partial charge in [-0.3, -0.25) is 9.69 Å². The van der Waals surface area contributed by atoms with Gasteiger partial charge in [0.1, 0.15) is 0 Å². The van der Waals surface area contributed by atoms with Gasteiger partial charge in [0, 0.05) is 50.6 Å². The van der Waals surface area contributed by atoms with Gasteiger partial charge in [0.25, 0.3) is 0 Å². The zero-order chi connectivity index (χ0) is 19.1. The normalized spacial score (nSPS) is 18.3. The summed E-state index contributed by atoms with van der Waals surface area (Å²) in [5, 5.41) is 2.97. The van der Waals surface area contributed by atoms with Crippen molar-refractivity contribution >= 4 is 23.4 Å². The molecule has 2 aliphatic rings. The van der Waals surface area contributed by atoms with E-state index in [0.717, 1.165) is 18.8 Å². The van der Waals surface area contributed by atoms with Crippen LogP contribution in [0.25, 0.3) is 0 Å². The van der Waals surface area contributed by atoms with E-state index < -0.39 is 0 Å². The minimum absolute atomic E-state index is 0.0229. The van der Waals surface area contributed by atoms with Crippen LogP contribution in [0.3, 0.4) is 0 Å². The van der Waals surface area contributed by atoms with Crippen molar-refractivity contribution in [1.29, 1.82) is 0 Å². The first-order valence-corrected chi connectivity index (χ1v) is 9.94. The summed E-state index contributed by atoms with van der Waals surface area (Å²) in [6, 6.07) is 8.11.